The van der Waals surface area contributed by atoms with Gasteiger partial charge in [-0.1, -0.05) is 0 Å². The van der Waals surface area contributed by atoms with Crippen molar-refractivity contribution in [3.63, 3.8) is 0 Å². The van der Waals surface area contributed by atoms with Crippen LogP contribution in [-0.4, -0.2) is 80.5 Å². The third kappa shape index (κ3) is 5.90. The first-order chi connectivity index (χ1) is 15.3. The molecule has 0 radical (unpaired) electrons. The minimum atomic E-state index is -1.11. The number of aromatic nitrogens is 12. The molecule has 0 fully saturated rings. The Morgan fingerprint density at radius 1 is 0.688 bits per heavy atom. The predicted octanol–water partition coefficient (Wildman–Crippen LogP) is -0.246. The van der Waals surface area contributed by atoms with E-state index in [1.807, 2.05) is 0 Å². The highest BCUT2D eigenvalue weighted by atomic mass is 33.1. The monoisotopic (exact) mass is 478 g/mol. The molecule has 0 bridgehead atoms. The van der Waals surface area contributed by atoms with Crippen LogP contribution in [0.1, 0.15) is 13.8 Å². The van der Waals surface area contributed by atoms with Gasteiger partial charge in [0.25, 0.3) is 0 Å². The average Bonchev–Trinajstić information content (AvgIpc) is 3.49. The Hall–Kier alpha value is -2.82. The molecule has 170 valence electrons. The Balaban J connectivity index is 1.37. The van der Waals surface area contributed by atoms with Crippen LogP contribution in [0.15, 0.2) is 48.3 Å². The summed E-state index contributed by atoms with van der Waals surface area (Å²) in [6, 6.07) is 0. The molecule has 0 spiro atoms. The average molecular weight is 479 g/mol. The van der Waals surface area contributed by atoms with Gasteiger partial charge in [-0.2, -0.15) is 20.4 Å². The maximum Gasteiger partial charge on any atom is 0.197 e. The smallest absolute Gasteiger partial charge is 0.197 e. The van der Waals surface area contributed by atoms with Gasteiger partial charge in [0.05, 0.1) is 26.2 Å². The second-order valence-corrected chi connectivity index (χ2v) is 9.81. The van der Waals surface area contributed by atoms with E-state index in [1.165, 1.54) is 46.9 Å². The van der Waals surface area contributed by atoms with Crippen molar-refractivity contribution in [1.29, 1.82) is 0 Å². The summed E-state index contributed by atoms with van der Waals surface area (Å²) in [5.41, 5.74) is -2.22. The molecule has 0 amide bonds. The molecule has 4 aromatic heterocycles. The van der Waals surface area contributed by atoms with Crippen molar-refractivity contribution in [2.45, 2.75) is 61.5 Å². The zero-order valence-corrected chi connectivity index (χ0v) is 19.0. The van der Waals surface area contributed by atoms with Crippen LogP contribution in [0.4, 0.5) is 0 Å². The van der Waals surface area contributed by atoms with Gasteiger partial charge in [-0.3, -0.25) is 9.36 Å². The summed E-state index contributed by atoms with van der Waals surface area (Å²) in [4.78, 5) is 16.3. The lowest BCUT2D eigenvalue weighted by atomic mass is 10.1. The van der Waals surface area contributed by atoms with E-state index in [0.29, 0.717) is 10.3 Å². The van der Waals surface area contributed by atoms with Crippen molar-refractivity contribution >= 4 is 21.6 Å². The molecule has 4 rings (SSSR count). The summed E-state index contributed by atoms with van der Waals surface area (Å²) in [5, 5.41) is 39.2. The molecule has 16 heteroatoms. The summed E-state index contributed by atoms with van der Waals surface area (Å²) in [6.45, 7) is 4.36. The number of hydrogen-bond acceptors (Lipinski definition) is 12. The molecule has 4 aromatic rings. The number of aliphatic hydroxyl groups is 2. The van der Waals surface area contributed by atoms with E-state index in [1.54, 1.807) is 45.2 Å². The third-order valence-electron chi connectivity index (χ3n) is 4.27. The van der Waals surface area contributed by atoms with Crippen LogP contribution in [0, 0.1) is 0 Å². The summed E-state index contributed by atoms with van der Waals surface area (Å²) >= 11 is 0. The Kier molecular flexibility index (Phi) is 6.54. The van der Waals surface area contributed by atoms with Crippen LogP contribution in [-0.2, 0) is 26.2 Å². The van der Waals surface area contributed by atoms with E-state index in [9.17, 15) is 10.2 Å². The van der Waals surface area contributed by atoms with E-state index < -0.39 is 11.2 Å². The Bertz CT molecular complexity index is 1020. The minimum absolute atomic E-state index is 0.217. The van der Waals surface area contributed by atoms with E-state index >= 15 is 0 Å². The van der Waals surface area contributed by atoms with Gasteiger partial charge in [0.2, 0.25) is 0 Å². The maximum atomic E-state index is 10.8. The SMILES string of the molecule is CC(O)(Cn1cncn1)Cn1ncnc1SSc1ncnn1CC(C)(O)Cn1cncn1. The fraction of sp³-hybridized carbons (Fsp3) is 0.500. The molecular formula is C16H22N12O2S2. The number of nitrogens with zero attached hydrogens (tertiary/aromatic N) is 12. The van der Waals surface area contributed by atoms with Gasteiger partial charge in [0.1, 0.15) is 49.2 Å². The zero-order chi connectivity index (χ0) is 22.6. The topological polar surface area (TPSA) is 163 Å². The molecule has 2 atom stereocenters. The van der Waals surface area contributed by atoms with Gasteiger partial charge in [-0.05, 0) is 35.4 Å². The molecule has 0 aliphatic heterocycles. The van der Waals surface area contributed by atoms with Gasteiger partial charge in [0, 0.05) is 0 Å². The molecular weight excluding hydrogens is 456 g/mol. The quantitative estimate of drug-likeness (QED) is 0.272. The van der Waals surface area contributed by atoms with Gasteiger partial charge in [-0.15, -0.1) is 0 Å². The van der Waals surface area contributed by atoms with E-state index in [4.69, 9.17) is 0 Å². The van der Waals surface area contributed by atoms with Gasteiger partial charge in [0.15, 0.2) is 10.3 Å². The molecule has 0 aromatic carbocycles. The lowest BCUT2D eigenvalue weighted by Gasteiger charge is -2.23. The molecule has 2 N–H and O–H groups in total. The van der Waals surface area contributed by atoms with Crippen molar-refractivity contribution in [1.82, 2.24) is 59.1 Å². The van der Waals surface area contributed by atoms with Crippen LogP contribution in [0.5, 0.6) is 0 Å². The number of hydrogen-bond donors (Lipinski definition) is 2. The molecule has 14 nitrogen and oxygen atoms in total. The predicted molar refractivity (Wildman–Crippen MR) is 113 cm³/mol. The largest absolute Gasteiger partial charge is 0.386 e. The highest BCUT2D eigenvalue weighted by molar-refractivity contribution is 8.76. The summed E-state index contributed by atoms with van der Waals surface area (Å²) < 4.78 is 6.37. The normalized spacial score (nSPS) is 15.5. The molecule has 0 aliphatic carbocycles. The van der Waals surface area contributed by atoms with Gasteiger partial charge < -0.3 is 10.2 Å². The minimum Gasteiger partial charge on any atom is -0.386 e. The highest BCUT2D eigenvalue weighted by Crippen LogP contribution is 2.35. The standard InChI is InChI=1S/C16H22N12O2S2/c1-15(29,3-25-11-17-7-21-25)5-27-13(19-9-23-27)31-32-14-20-10-24-28(14)6-16(2,30)4-26-12-18-8-22-26/h7-12,29-30H,3-6H2,1-2H3. The van der Waals surface area contributed by atoms with Gasteiger partial charge >= 0.3 is 0 Å². The lowest BCUT2D eigenvalue weighted by molar-refractivity contribution is 0.0148. The first-order valence-corrected chi connectivity index (χ1v) is 11.6. The molecule has 0 saturated heterocycles. The van der Waals surface area contributed by atoms with Crippen LogP contribution >= 0.6 is 21.6 Å². The zero-order valence-electron chi connectivity index (χ0n) is 17.4. The second kappa shape index (κ2) is 9.35. The molecule has 2 unspecified atom stereocenters. The van der Waals surface area contributed by atoms with Crippen molar-refractivity contribution in [2.24, 2.45) is 0 Å². The Labute approximate surface area is 190 Å². The summed E-state index contributed by atoms with van der Waals surface area (Å²) in [7, 11) is 2.67. The van der Waals surface area contributed by atoms with Crippen LogP contribution < -0.4 is 0 Å². The molecule has 4 heterocycles. The first kappa shape index (κ1) is 22.4. The van der Waals surface area contributed by atoms with E-state index in [0.717, 1.165) is 0 Å². The van der Waals surface area contributed by atoms with Crippen molar-refractivity contribution in [3.8, 4) is 0 Å². The maximum absolute atomic E-state index is 10.8. The first-order valence-electron chi connectivity index (χ1n) is 9.49. The van der Waals surface area contributed by atoms with E-state index in [-0.39, 0.29) is 26.2 Å². The van der Waals surface area contributed by atoms with Crippen molar-refractivity contribution in [2.75, 3.05) is 0 Å². The van der Waals surface area contributed by atoms with Crippen LogP contribution in [0.2, 0.25) is 0 Å². The highest BCUT2D eigenvalue weighted by Gasteiger charge is 2.26. The third-order valence-corrected chi connectivity index (χ3v) is 6.43. The summed E-state index contributed by atoms with van der Waals surface area (Å²) in [5.74, 6) is 0. The van der Waals surface area contributed by atoms with Crippen molar-refractivity contribution < 1.29 is 10.2 Å². The lowest BCUT2D eigenvalue weighted by Crippen LogP contribution is -2.36. The van der Waals surface area contributed by atoms with E-state index in [2.05, 4.69) is 40.3 Å². The second-order valence-electron chi connectivity index (χ2n) is 7.75. The molecule has 0 saturated carbocycles. The fourth-order valence-electron chi connectivity index (χ4n) is 3.00. The van der Waals surface area contributed by atoms with Crippen LogP contribution in [0.3, 0.4) is 0 Å². The van der Waals surface area contributed by atoms with Crippen molar-refractivity contribution in [3.05, 3.63) is 38.0 Å². The van der Waals surface area contributed by atoms with Gasteiger partial charge in [-0.25, -0.2) is 29.3 Å². The number of rotatable bonds is 11. The fourth-order valence-corrected chi connectivity index (χ4v) is 4.95. The Morgan fingerprint density at radius 2 is 1.12 bits per heavy atom. The van der Waals surface area contributed by atoms with Crippen LogP contribution in [0.25, 0.3) is 0 Å². The summed E-state index contributed by atoms with van der Waals surface area (Å²) in [6.07, 6.45) is 8.80. The molecule has 32 heavy (non-hydrogen) atoms. The Morgan fingerprint density at radius 3 is 1.50 bits per heavy atom. The molecule has 0 aliphatic rings.